The maximum atomic E-state index is 11.0. The summed E-state index contributed by atoms with van der Waals surface area (Å²) in [7, 11) is 0. The number of carbonyl (C=O) groups is 1. The highest BCUT2D eigenvalue weighted by molar-refractivity contribution is 5.85. The number of hydrogen-bond acceptors (Lipinski definition) is 5. The van der Waals surface area contributed by atoms with Gasteiger partial charge in [-0.3, -0.25) is 10.1 Å². The van der Waals surface area contributed by atoms with Crippen LogP contribution in [0.1, 0.15) is 16.1 Å². The molecule has 1 aromatic heterocycles. The molecule has 0 fully saturated rings. The SMILES string of the molecule is N#Cc1cccc(-n2ccc(C(=O)O)n2)c1[N+](=O)[O-]. The van der Waals surface area contributed by atoms with Crippen LogP contribution in [0, 0.1) is 21.4 Å². The van der Waals surface area contributed by atoms with Crippen LogP contribution >= 0.6 is 0 Å². The average Bonchev–Trinajstić information content (AvgIpc) is 2.87. The molecule has 2 aromatic rings. The molecule has 0 bridgehead atoms. The zero-order chi connectivity index (χ0) is 14.0. The highest BCUT2D eigenvalue weighted by Crippen LogP contribution is 2.26. The lowest BCUT2D eigenvalue weighted by atomic mass is 10.1. The zero-order valence-electron chi connectivity index (χ0n) is 9.35. The van der Waals surface area contributed by atoms with Gasteiger partial charge in [-0.2, -0.15) is 10.4 Å². The topological polar surface area (TPSA) is 122 Å². The average molecular weight is 258 g/mol. The molecule has 8 nitrogen and oxygen atoms in total. The van der Waals surface area contributed by atoms with E-state index in [2.05, 4.69) is 5.10 Å². The summed E-state index contributed by atoms with van der Waals surface area (Å²) in [6.45, 7) is 0. The largest absolute Gasteiger partial charge is 0.476 e. The Balaban J connectivity index is 2.65. The van der Waals surface area contributed by atoms with Crippen LogP contribution in [0.15, 0.2) is 30.5 Å². The van der Waals surface area contributed by atoms with Crippen molar-refractivity contribution in [3.63, 3.8) is 0 Å². The summed E-state index contributed by atoms with van der Waals surface area (Å²) in [5.74, 6) is -1.24. The molecular weight excluding hydrogens is 252 g/mol. The van der Waals surface area contributed by atoms with Crippen molar-refractivity contribution in [2.45, 2.75) is 0 Å². The first kappa shape index (κ1) is 12.3. The third-order valence-corrected chi connectivity index (χ3v) is 2.37. The molecule has 0 amide bonds. The van der Waals surface area contributed by atoms with Gasteiger partial charge < -0.3 is 5.11 Å². The van der Waals surface area contributed by atoms with Crippen molar-refractivity contribution in [3.05, 3.63) is 51.8 Å². The summed E-state index contributed by atoms with van der Waals surface area (Å²) in [5, 5.41) is 32.3. The standard InChI is InChI=1S/C11H6N4O4/c12-6-7-2-1-3-9(10(7)15(18)19)14-5-4-8(13-14)11(16)17/h1-5H,(H,16,17). The Morgan fingerprint density at radius 1 is 1.47 bits per heavy atom. The van der Waals surface area contributed by atoms with Gasteiger partial charge in [0.2, 0.25) is 0 Å². The molecular formula is C11H6N4O4. The van der Waals surface area contributed by atoms with E-state index in [1.54, 1.807) is 6.07 Å². The van der Waals surface area contributed by atoms with E-state index in [0.717, 1.165) is 4.68 Å². The monoisotopic (exact) mass is 258 g/mol. The van der Waals surface area contributed by atoms with Crippen molar-refractivity contribution in [1.82, 2.24) is 9.78 Å². The Morgan fingerprint density at radius 3 is 2.74 bits per heavy atom. The number of para-hydroxylation sites is 1. The van der Waals surface area contributed by atoms with Crippen molar-refractivity contribution in [3.8, 4) is 11.8 Å². The fourth-order valence-corrected chi connectivity index (χ4v) is 1.57. The lowest BCUT2D eigenvalue weighted by Crippen LogP contribution is -2.05. The first-order valence-electron chi connectivity index (χ1n) is 5.01. The van der Waals surface area contributed by atoms with Gasteiger partial charge >= 0.3 is 11.7 Å². The summed E-state index contributed by atoms with van der Waals surface area (Å²) < 4.78 is 1.06. The van der Waals surface area contributed by atoms with E-state index in [9.17, 15) is 14.9 Å². The van der Waals surface area contributed by atoms with E-state index in [1.807, 2.05) is 0 Å². The predicted octanol–water partition coefficient (Wildman–Crippen LogP) is 1.35. The third kappa shape index (κ3) is 2.12. The van der Waals surface area contributed by atoms with Crippen LogP contribution < -0.4 is 0 Å². The highest BCUT2D eigenvalue weighted by atomic mass is 16.6. The van der Waals surface area contributed by atoms with Gasteiger partial charge in [-0.05, 0) is 18.2 Å². The molecule has 0 unspecified atom stereocenters. The molecule has 0 atom stereocenters. The molecule has 8 heteroatoms. The number of benzene rings is 1. The van der Waals surface area contributed by atoms with Crippen LogP contribution in [0.3, 0.4) is 0 Å². The van der Waals surface area contributed by atoms with Gasteiger partial charge in [-0.25, -0.2) is 9.48 Å². The number of nitro groups is 1. The number of carboxylic acid groups (broad SMARTS) is 1. The van der Waals surface area contributed by atoms with E-state index >= 15 is 0 Å². The van der Waals surface area contributed by atoms with Crippen molar-refractivity contribution in [2.24, 2.45) is 0 Å². The van der Waals surface area contributed by atoms with Gasteiger partial charge in [0.15, 0.2) is 5.69 Å². The molecule has 19 heavy (non-hydrogen) atoms. The Kier molecular flexibility index (Phi) is 2.95. The quantitative estimate of drug-likeness (QED) is 0.654. The minimum Gasteiger partial charge on any atom is -0.476 e. The molecule has 0 spiro atoms. The summed E-state index contributed by atoms with van der Waals surface area (Å²) in [5.41, 5.74) is -0.729. The Labute approximate surface area is 106 Å². The molecule has 2 rings (SSSR count). The van der Waals surface area contributed by atoms with E-state index in [1.165, 1.54) is 30.5 Å². The summed E-state index contributed by atoms with van der Waals surface area (Å²) in [6.07, 6.45) is 1.28. The first-order chi connectivity index (χ1) is 9.04. The van der Waals surface area contributed by atoms with Crippen LogP contribution in [0.25, 0.3) is 5.69 Å². The third-order valence-electron chi connectivity index (χ3n) is 2.37. The lowest BCUT2D eigenvalue weighted by molar-refractivity contribution is -0.384. The molecule has 1 aromatic carbocycles. The molecule has 0 aliphatic rings. The first-order valence-corrected chi connectivity index (χ1v) is 5.01. The number of nitrogens with zero attached hydrogens (tertiary/aromatic N) is 4. The molecule has 0 radical (unpaired) electrons. The second-order valence-electron chi connectivity index (χ2n) is 3.49. The molecule has 0 saturated carbocycles. The van der Waals surface area contributed by atoms with E-state index < -0.39 is 16.6 Å². The number of nitro benzene ring substituents is 1. The minimum absolute atomic E-state index is 0.0385. The van der Waals surface area contributed by atoms with E-state index in [4.69, 9.17) is 10.4 Å². The van der Waals surface area contributed by atoms with E-state index in [0.29, 0.717) is 0 Å². The fourth-order valence-electron chi connectivity index (χ4n) is 1.57. The molecule has 1 heterocycles. The van der Waals surface area contributed by atoms with Gasteiger partial charge in [-0.1, -0.05) is 6.07 Å². The zero-order valence-corrected chi connectivity index (χ0v) is 9.35. The predicted molar refractivity (Wildman–Crippen MR) is 61.9 cm³/mol. The Hall–Kier alpha value is -3.21. The maximum Gasteiger partial charge on any atom is 0.356 e. The van der Waals surface area contributed by atoms with Gasteiger partial charge in [0.25, 0.3) is 0 Å². The smallest absolute Gasteiger partial charge is 0.356 e. The van der Waals surface area contributed by atoms with Crippen LogP contribution in [-0.4, -0.2) is 25.8 Å². The van der Waals surface area contributed by atoms with Crippen LogP contribution in [0.2, 0.25) is 0 Å². The van der Waals surface area contributed by atoms with Crippen LogP contribution in [-0.2, 0) is 0 Å². The van der Waals surface area contributed by atoms with Gasteiger partial charge in [0, 0.05) is 6.20 Å². The number of aromatic nitrogens is 2. The summed E-state index contributed by atoms with van der Waals surface area (Å²) in [6, 6.07) is 7.09. The molecule has 0 aliphatic carbocycles. The molecule has 1 N–H and O–H groups in total. The summed E-state index contributed by atoms with van der Waals surface area (Å²) in [4.78, 5) is 21.0. The number of hydrogen-bond donors (Lipinski definition) is 1. The van der Waals surface area contributed by atoms with Crippen molar-refractivity contribution >= 4 is 11.7 Å². The second kappa shape index (κ2) is 4.58. The summed E-state index contributed by atoms with van der Waals surface area (Å²) >= 11 is 0. The second-order valence-corrected chi connectivity index (χ2v) is 3.49. The van der Waals surface area contributed by atoms with Gasteiger partial charge in [0.05, 0.1) is 4.92 Å². The van der Waals surface area contributed by atoms with Crippen molar-refractivity contribution < 1.29 is 14.8 Å². The number of aromatic carboxylic acids is 1. The van der Waals surface area contributed by atoms with Crippen molar-refractivity contribution in [2.75, 3.05) is 0 Å². The number of rotatable bonds is 3. The Bertz CT molecular complexity index is 714. The van der Waals surface area contributed by atoms with Crippen molar-refractivity contribution in [1.29, 1.82) is 5.26 Å². The number of carboxylic acids is 1. The normalized spacial score (nSPS) is 9.84. The molecule has 0 aliphatic heterocycles. The van der Waals surface area contributed by atoms with Crippen LogP contribution in [0.4, 0.5) is 5.69 Å². The highest BCUT2D eigenvalue weighted by Gasteiger charge is 2.22. The lowest BCUT2D eigenvalue weighted by Gasteiger charge is -2.03. The van der Waals surface area contributed by atoms with E-state index in [-0.39, 0.29) is 16.9 Å². The van der Waals surface area contributed by atoms with Gasteiger partial charge in [0.1, 0.15) is 17.3 Å². The van der Waals surface area contributed by atoms with Gasteiger partial charge in [-0.15, -0.1) is 0 Å². The molecule has 0 saturated heterocycles. The Morgan fingerprint density at radius 2 is 2.21 bits per heavy atom. The fraction of sp³-hybridized carbons (Fsp3) is 0. The van der Waals surface area contributed by atoms with Crippen LogP contribution in [0.5, 0.6) is 0 Å². The molecule has 94 valence electrons. The maximum absolute atomic E-state index is 11.0. The minimum atomic E-state index is -1.24. The number of nitriles is 1.